The van der Waals surface area contributed by atoms with E-state index in [4.69, 9.17) is 15.0 Å². The maximum Gasteiger partial charge on any atom is 0.164 e. The Morgan fingerprint density at radius 1 is 0.340 bits per heavy atom. The summed E-state index contributed by atoms with van der Waals surface area (Å²) in [5, 5.41) is 3.98. The normalized spacial score (nSPS) is 11.5. The van der Waals surface area contributed by atoms with E-state index < -0.39 is 8.07 Å². The molecule has 0 fully saturated rings. The zero-order valence-corrected chi connectivity index (χ0v) is 29.5. The fourth-order valence-electron chi connectivity index (χ4n) is 6.52. The topological polar surface area (TPSA) is 38.7 Å². The average molecular weight is 660 g/mol. The zero-order valence-electron chi connectivity index (χ0n) is 28.5. The van der Waals surface area contributed by atoms with Crippen LogP contribution < -0.4 is 5.19 Å². The highest BCUT2D eigenvalue weighted by atomic mass is 28.3. The third-order valence-corrected chi connectivity index (χ3v) is 11.3. The maximum atomic E-state index is 4.97. The molecule has 0 aliphatic carbocycles. The van der Waals surface area contributed by atoms with Crippen molar-refractivity contribution in [1.29, 1.82) is 0 Å². The first-order valence-corrected chi connectivity index (χ1v) is 20.6. The number of aromatic nitrogens is 3. The monoisotopic (exact) mass is 659 g/mol. The molecule has 3 nitrogen and oxygen atoms in total. The molecule has 0 atom stereocenters. The minimum atomic E-state index is -1.39. The molecule has 8 rings (SSSR count). The van der Waals surface area contributed by atoms with Gasteiger partial charge < -0.3 is 0 Å². The first kappa shape index (κ1) is 31.3. The second kappa shape index (κ2) is 13.1. The average Bonchev–Trinajstić information content (AvgIpc) is 3.18. The van der Waals surface area contributed by atoms with Crippen molar-refractivity contribution in [2.75, 3.05) is 0 Å². The van der Waals surface area contributed by atoms with Gasteiger partial charge in [-0.05, 0) is 68.4 Å². The van der Waals surface area contributed by atoms with Gasteiger partial charge >= 0.3 is 0 Å². The van der Waals surface area contributed by atoms with Crippen LogP contribution in [0.15, 0.2) is 170 Å². The summed E-state index contributed by atoms with van der Waals surface area (Å²) >= 11 is 0. The summed E-state index contributed by atoms with van der Waals surface area (Å²) in [4.78, 5) is 14.8. The van der Waals surface area contributed by atoms with Gasteiger partial charge in [-0.3, -0.25) is 0 Å². The van der Waals surface area contributed by atoms with Gasteiger partial charge in [0, 0.05) is 16.7 Å². The van der Waals surface area contributed by atoms with Crippen molar-refractivity contribution >= 4 is 24.0 Å². The predicted octanol–water partition coefficient (Wildman–Crippen LogP) is 11.6. The number of fused-ring (bicyclic) bond motifs is 1. The summed E-state index contributed by atoms with van der Waals surface area (Å²) in [6.07, 6.45) is 0. The van der Waals surface area contributed by atoms with E-state index in [9.17, 15) is 0 Å². The highest BCUT2D eigenvalue weighted by molar-refractivity contribution is 6.88. The molecular formula is C46H37N3Si. The predicted molar refractivity (Wildman–Crippen MR) is 213 cm³/mol. The molecule has 240 valence electrons. The van der Waals surface area contributed by atoms with Crippen LogP contribution in [0.1, 0.15) is 0 Å². The van der Waals surface area contributed by atoms with Gasteiger partial charge in [-0.15, -0.1) is 0 Å². The van der Waals surface area contributed by atoms with Crippen LogP contribution in [0.5, 0.6) is 0 Å². The van der Waals surface area contributed by atoms with Crippen LogP contribution in [0.25, 0.3) is 78.3 Å². The van der Waals surface area contributed by atoms with E-state index in [-0.39, 0.29) is 0 Å². The highest BCUT2D eigenvalue weighted by Crippen LogP contribution is 2.36. The molecule has 50 heavy (non-hydrogen) atoms. The van der Waals surface area contributed by atoms with Crippen molar-refractivity contribution in [2.24, 2.45) is 0 Å². The Balaban J connectivity index is 1.19. The molecule has 4 heteroatoms. The SMILES string of the molecule is C[Si](C)(C)c1ccc(-c2cc(-c3cccc(-c4cccc(-c5nc(-c6ccccc6)nc(-c6ccccc6)n5)c4)c3)cc3ccccc23)cc1. The number of rotatable bonds is 7. The molecule has 8 aromatic rings. The standard InChI is InChI=1S/C46H37N3Si/c1-50(2,3)41-26-24-32(25-27-41)43-31-40(30-38-18-10-11-23-42(38)43)37-21-12-19-35(28-37)36-20-13-22-39(29-36)46-48-44(33-14-6-4-7-15-33)47-45(49-46)34-16-8-5-9-17-34/h4-31H,1-3H3. The third kappa shape index (κ3) is 6.41. The lowest BCUT2D eigenvalue weighted by atomic mass is 9.92. The first-order valence-electron chi connectivity index (χ1n) is 17.1. The summed E-state index contributed by atoms with van der Waals surface area (Å²) in [6, 6.07) is 60.2. The Bertz CT molecular complexity index is 2390. The summed E-state index contributed by atoms with van der Waals surface area (Å²) in [5.41, 5.74) is 9.98. The van der Waals surface area contributed by atoms with Crippen molar-refractivity contribution in [3.8, 4) is 67.5 Å². The van der Waals surface area contributed by atoms with Gasteiger partial charge in [0.1, 0.15) is 0 Å². The molecule has 0 aliphatic heterocycles. The molecule has 0 spiro atoms. The van der Waals surface area contributed by atoms with Crippen LogP contribution >= 0.6 is 0 Å². The summed E-state index contributed by atoms with van der Waals surface area (Å²) < 4.78 is 0. The molecule has 1 aromatic heterocycles. The Hall–Kier alpha value is -5.97. The molecule has 0 saturated heterocycles. The van der Waals surface area contributed by atoms with Gasteiger partial charge in [-0.25, -0.2) is 15.0 Å². The number of nitrogens with zero attached hydrogens (tertiary/aromatic N) is 3. The summed E-state index contributed by atoms with van der Waals surface area (Å²) in [7, 11) is -1.39. The molecule has 1 heterocycles. The molecule has 0 aliphatic rings. The van der Waals surface area contributed by atoms with E-state index in [1.165, 1.54) is 38.2 Å². The van der Waals surface area contributed by atoms with E-state index in [2.05, 4.69) is 129 Å². The highest BCUT2D eigenvalue weighted by Gasteiger charge is 2.17. The van der Waals surface area contributed by atoms with Crippen LogP contribution in [0.4, 0.5) is 0 Å². The van der Waals surface area contributed by atoms with Crippen molar-refractivity contribution in [3.05, 3.63) is 170 Å². The van der Waals surface area contributed by atoms with Crippen molar-refractivity contribution < 1.29 is 0 Å². The lowest BCUT2D eigenvalue weighted by Gasteiger charge is -2.17. The van der Waals surface area contributed by atoms with Crippen molar-refractivity contribution in [2.45, 2.75) is 19.6 Å². The van der Waals surface area contributed by atoms with E-state index in [1.54, 1.807) is 0 Å². The fraction of sp³-hybridized carbons (Fsp3) is 0.0652. The van der Waals surface area contributed by atoms with Gasteiger partial charge in [-0.1, -0.05) is 170 Å². The van der Waals surface area contributed by atoms with Crippen LogP contribution in [0.3, 0.4) is 0 Å². The van der Waals surface area contributed by atoms with Gasteiger partial charge in [-0.2, -0.15) is 0 Å². The zero-order chi connectivity index (χ0) is 34.1. The van der Waals surface area contributed by atoms with Crippen molar-refractivity contribution in [3.63, 3.8) is 0 Å². The van der Waals surface area contributed by atoms with Crippen LogP contribution in [-0.4, -0.2) is 23.0 Å². The summed E-state index contributed by atoms with van der Waals surface area (Å²) in [6.45, 7) is 7.19. The Labute approximate surface area is 295 Å². The molecule has 0 bridgehead atoms. The van der Waals surface area contributed by atoms with Crippen LogP contribution in [0, 0.1) is 0 Å². The minimum absolute atomic E-state index is 0.648. The van der Waals surface area contributed by atoms with Crippen LogP contribution in [-0.2, 0) is 0 Å². The number of hydrogen-bond acceptors (Lipinski definition) is 3. The second-order valence-corrected chi connectivity index (χ2v) is 18.8. The van der Waals surface area contributed by atoms with E-state index in [0.29, 0.717) is 17.5 Å². The molecule has 0 radical (unpaired) electrons. The molecule has 0 saturated carbocycles. The lowest BCUT2D eigenvalue weighted by Crippen LogP contribution is -2.37. The quantitative estimate of drug-likeness (QED) is 0.160. The number of hydrogen-bond donors (Lipinski definition) is 0. The molecule has 0 N–H and O–H groups in total. The minimum Gasteiger partial charge on any atom is -0.208 e. The molecule has 7 aromatic carbocycles. The molecular weight excluding hydrogens is 623 g/mol. The maximum absolute atomic E-state index is 4.97. The smallest absolute Gasteiger partial charge is 0.164 e. The first-order chi connectivity index (χ1) is 24.4. The number of benzene rings is 7. The van der Waals surface area contributed by atoms with Gasteiger partial charge in [0.15, 0.2) is 17.5 Å². The lowest BCUT2D eigenvalue weighted by molar-refractivity contribution is 1.07. The Morgan fingerprint density at radius 2 is 0.800 bits per heavy atom. The molecule has 0 amide bonds. The summed E-state index contributed by atoms with van der Waals surface area (Å²) in [5.74, 6) is 1.96. The van der Waals surface area contributed by atoms with Gasteiger partial charge in [0.25, 0.3) is 0 Å². The fourth-order valence-corrected chi connectivity index (χ4v) is 7.69. The Morgan fingerprint density at radius 3 is 1.38 bits per heavy atom. The molecule has 0 unspecified atom stereocenters. The second-order valence-electron chi connectivity index (χ2n) is 13.8. The van der Waals surface area contributed by atoms with Gasteiger partial charge in [0.2, 0.25) is 0 Å². The van der Waals surface area contributed by atoms with E-state index in [0.717, 1.165) is 27.8 Å². The van der Waals surface area contributed by atoms with Gasteiger partial charge in [0.05, 0.1) is 8.07 Å². The van der Waals surface area contributed by atoms with E-state index >= 15 is 0 Å². The third-order valence-electron chi connectivity index (χ3n) is 9.27. The van der Waals surface area contributed by atoms with Crippen LogP contribution in [0.2, 0.25) is 19.6 Å². The van der Waals surface area contributed by atoms with E-state index in [1.807, 2.05) is 60.7 Å². The Kier molecular flexibility index (Phi) is 8.23. The largest absolute Gasteiger partial charge is 0.208 e. The van der Waals surface area contributed by atoms with Crippen molar-refractivity contribution in [1.82, 2.24) is 15.0 Å².